The fraction of sp³-hybridized carbons (Fsp3) is 0.529. The Balaban J connectivity index is 1.76. The lowest BCUT2D eigenvalue weighted by atomic mass is 9.96. The number of hydrogen-bond acceptors (Lipinski definition) is 5. The van der Waals surface area contributed by atoms with Crippen LogP contribution in [0.5, 0.6) is 0 Å². The van der Waals surface area contributed by atoms with E-state index in [4.69, 9.17) is 4.52 Å². The summed E-state index contributed by atoms with van der Waals surface area (Å²) in [7, 11) is 0. The summed E-state index contributed by atoms with van der Waals surface area (Å²) in [6.45, 7) is 8.32. The maximum Gasteiger partial charge on any atom is 0.245 e. The minimum atomic E-state index is -0.259. The van der Waals surface area contributed by atoms with E-state index in [0.29, 0.717) is 23.9 Å². The first-order chi connectivity index (χ1) is 10.9. The zero-order valence-electron chi connectivity index (χ0n) is 13.9. The first-order valence-corrected chi connectivity index (χ1v) is 8.05. The normalized spacial score (nSPS) is 15.2. The molecule has 23 heavy (non-hydrogen) atoms. The summed E-state index contributed by atoms with van der Waals surface area (Å²) < 4.78 is 19.5. The molecule has 1 saturated heterocycles. The minimum absolute atomic E-state index is 0.166. The van der Waals surface area contributed by atoms with Crippen LogP contribution in [0.1, 0.15) is 45.3 Å². The van der Waals surface area contributed by atoms with Gasteiger partial charge in [0.25, 0.3) is 0 Å². The molecule has 0 saturated carbocycles. The molecule has 1 aliphatic heterocycles. The van der Waals surface area contributed by atoms with Crippen molar-refractivity contribution < 1.29 is 8.91 Å². The van der Waals surface area contributed by atoms with Gasteiger partial charge in [-0.15, -0.1) is 0 Å². The van der Waals surface area contributed by atoms with Gasteiger partial charge < -0.3 is 14.7 Å². The Morgan fingerprint density at radius 2 is 2.00 bits per heavy atom. The van der Waals surface area contributed by atoms with Crippen LogP contribution in [0.3, 0.4) is 0 Å². The Kier molecular flexibility index (Phi) is 4.24. The summed E-state index contributed by atoms with van der Waals surface area (Å²) in [4.78, 5) is 6.59. The largest absolute Gasteiger partial charge is 0.372 e. The number of nitrogens with zero attached hydrogens (tertiary/aromatic N) is 3. The van der Waals surface area contributed by atoms with E-state index in [2.05, 4.69) is 20.4 Å². The first-order valence-electron chi connectivity index (χ1n) is 8.05. The van der Waals surface area contributed by atoms with E-state index < -0.39 is 0 Å². The third kappa shape index (κ3) is 3.46. The molecule has 1 aromatic heterocycles. The van der Waals surface area contributed by atoms with Gasteiger partial charge in [0.1, 0.15) is 5.82 Å². The van der Waals surface area contributed by atoms with Gasteiger partial charge in [-0.3, -0.25) is 0 Å². The lowest BCUT2D eigenvalue weighted by molar-refractivity contribution is 0.367. The lowest BCUT2D eigenvalue weighted by Gasteiger charge is -2.22. The van der Waals surface area contributed by atoms with Gasteiger partial charge in [0.05, 0.1) is 17.9 Å². The molecule has 124 valence electrons. The molecule has 0 amide bonds. The highest BCUT2D eigenvalue weighted by Gasteiger charge is 2.22. The number of aromatic nitrogens is 2. The molecule has 0 radical (unpaired) electrons. The Labute approximate surface area is 135 Å². The van der Waals surface area contributed by atoms with Crippen LogP contribution in [0.4, 0.5) is 15.8 Å². The second-order valence-electron chi connectivity index (χ2n) is 6.94. The lowest BCUT2D eigenvalue weighted by Crippen LogP contribution is -2.20. The van der Waals surface area contributed by atoms with Crippen LogP contribution in [-0.4, -0.2) is 23.2 Å². The molecule has 3 rings (SSSR count). The maximum atomic E-state index is 14.2. The molecule has 1 fully saturated rings. The van der Waals surface area contributed by atoms with E-state index >= 15 is 0 Å². The standard InChI is InChI=1S/C17H23FN4O/c1-17(2,3)16-20-14(23-21-16)11-19-15-12(18)7-6-8-13(15)22-9-4-5-10-22/h6-8,19H,4-5,9-11H2,1-3H3. The second-order valence-corrected chi connectivity index (χ2v) is 6.94. The number of anilines is 2. The quantitative estimate of drug-likeness (QED) is 0.931. The molecule has 5 nitrogen and oxygen atoms in total. The van der Waals surface area contributed by atoms with Crippen molar-refractivity contribution in [2.45, 2.75) is 45.6 Å². The first kappa shape index (κ1) is 15.8. The van der Waals surface area contributed by atoms with Crippen molar-refractivity contribution >= 4 is 11.4 Å². The third-order valence-electron chi connectivity index (χ3n) is 3.99. The van der Waals surface area contributed by atoms with Crippen molar-refractivity contribution in [1.82, 2.24) is 10.1 Å². The highest BCUT2D eigenvalue weighted by Crippen LogP contribution is 2.31. The van der Waals surface area contributed by atoms with Crippen LogP contribution in [0, 0.1) is 5.82 Å². The van der Waals surface area contributed by atoms with Crippen molar-refractivity contribution in [1.29, 1.82) is 0 Å². The third-order valence-corrected chi connectivity index (χ3v) is 3.99. The molecule has 1 aliphatic rings. The number of hydrogen-bond donors (Lipinski definition) is 1. The topological polar surface area (TPSA) is 54.2 Å². The van der Waals surface area contributed by atoms with E-state index in [9.17, 15) is 4.39 Å². The van der Waals surface area contributed by atoms with Gasteiger partial charge in [0.15, 0.2) is 5.82 Å². The van der Waals surface area contributed by atoms with E-state index in [1.54, 1.807) is 6.07 Å². The fourth-order valence-corrected chi connectivity index (χ4v) is 2.70. The van der Waals surface area contributed by atoms with Crippen molar-refractivity contribution in [2.24, 2.45) is 0 Å². The van der Waals surface area contributed by atoms with E-state index in [0.717, 1.165) is 31.6 Å². The van der Waals surface area contributed by atoms with E-state index in [-0.39, 0.29) is 11.2 Å². The SMILES string of the molecule is CC(C)(C)c1noc(CNc2c(F)cccc2N2CCCC2)n1. The Hall–Kier alpha value is -2.11. The second kappa shape index (κ2) is 6.18. The maximum absolute atomic E-state index is 14.2. The highest BCUT2D eigenvalue weighted by molar-refractivity contribution is 5.71. The molecule has 0 unspecified atom stereocenters. The Morgan fingerprint density at radius 3 is 2.65 bits per heavy atom. The number of rotatable bonds is 4. The van der Waals surface area contributed by atoms with Gasteiger partial charge in [-0.2, -0.15) is 4.98 Å². The summed E-state index contributed by atoms with van der Waals surface area (Å²) in [5.74, 6) is 0.859. The monoisotopic (exact) mass is 318 g/mol. The zero-order valence-corrected chi connectivity index (χ0v) is 13.9. The number of benzene rings is 1. The molecule has 1 N–H and O–H groups in total. The van der Waals surface area contributed by atoms with Crippen LogP contribution in [0.2, 0.25) is 0 Å². The molecular formula is C17H23FN4O. The predicted octanol–water partition coefficient (Wildman–Crippen LogP) is 3.72. The van der Waals surface area contributed by atoms with Crippen LogP contribution in [-0.2, 0) is 12.0 Å². The molecule has 2 aromatic rings. The Morgan fingerprint density at radius 1 is 1.26 bits per heavy atom. The highest BCUT2D eigenvalue weighted by atomic mass is 19.1. The molecule has 0 aliphatic carbocycles. The van der Waals surface area contributed by atoms with Gasteiger partial charge in [0, 0.05) is 18.5 Å². The van der Waals surface area contributed by atoms with Gasteiger partial charge in [-0.1, -0.05) is 32.0 Å². The molecule has 0 spiro atoms. The predicted molar refractivity (Wildman–Crippen MR) is 88.2 cm³/mol. The summed E-state index contributed by atoms with van der Waals surface area (Å²) >= 11 is 0. The van der Waals surface area contributed by atoms with E-state index in [1.807, 2.05) is 26.8 Å². The summed E-state index contributed by atoms with van der Waals surface area (Å²) in [6.07, 6.45) is 2.29. The van der Waals surface area contributed by atoms with Crippen molar-refractivity contribution in [2.75, 3.05) is 23.3 Å². The van der Waals surface area contributed by atoms with Crippen molar-refractivity contribution in [3.05, 3.63) is 35.7 Å². The Bertz CT molecular complexity index is 671. The average molecular weight is 318 g/mol. The summed E-state index contributed by atoms with van der Waals surface area (Å²) in [6, 6.07) is 5.17. The van der Waals surface area contributed by atoms with Crippen LogP contribution < -0.4 is 10.2 Å². The molecule has 1 aromatic carbocycles. The molecule has 2 heterocycles. The van der Waals surface area contributed by atoms with Crippen LogP contribution in [0.15, 0.2) is 22.7 Å². The van der Waals surface area contributed by atoms with Crippen molar-refractivity contribution in [3.63, 3.8) is 0 Å². The van der Waals surface area contributed by atoms with Crippen LogP contribution >= 0.6 is 0 Å². The van der Waals surface area contributed by atoms with Gasteiger partial charge in [-0.25, -0.2) is 4.39 Å². The summed E-state index contributed by atoms with van der Waals surface area (Å²) in [5.41, 5.74) is 1.24. The number of para-hydroxylation sites is 1. The smallest absolute Gasteiger partial charge is 0.245 e. The summed E-state index contributed by atoms with van der Waals surface area (Å²) in [5, 5.41) is 7.12. The number of nitrogens with one attached hydrogen (secondary N) is 1. The molecule has 0 atom stereocenters. The molecule has 6 heteroatoms. The molecular weight excluding hydrogens is 295 g/mol. The van der Waals surface area contributed by atoms with E-state index in [1.165, 1.54) is 6.07 Å². The molecule has 0 bridgehead atoms. The van der Waals surface area contributed by atoms with Gasteiger partial charge >= 0.3 is 0 Å². The fourth-order valence-electron chi connectivity index (χ4n) is 2.70. The van der Waals surface area contributed by atoms with Gasteiger partial charge in [0.2, 0.25) is 5.89 Å². The minimum Gasteiger partial charge on any atom is -0.372 e. The van der Waals surface area contributed by atoms with Crippen LogP contribution in [0.25, 0.3) is 0 Å². The average Bonchev–Trinajstić information content (AvgIpc) is 3.17. The van der Waals surface area contributed by atoms with Crippen molar-refractivity contribution in [3.8, 4) is 0 Å². The van der Waals surface area contributed by atoms with Gasteiger partial charge in [-0.05, 0) is 25.0 Å². The zero-order chi connectivity index (χ0) is 16.4. The number of halogens is 1.